The van der Waals surface area contributed by atoms with Crippen LogP contribution in [0.3, 0.4) is 0 Å². The minimum atomic E-state index is -4.57. The molecule has 0 aromatic carbocycles. The summed E-state index contributed by atoms with van der Waals surface area (Å²) < 4.78 is 42.8. The lowest BCUT2D eigenvalue weighted by atomic mass is 9.84. The average molecular weight is 418 g/mol. The van der Waals surface area contributed by atoms with Gasteiger partial charge in [0.1, 0.15) is 11.4 Å². The number of hydrogen-bond donors (Lipinski definition) is 0. The number of alkyl halides is 3. The molecule has 3 aromatic rings. The van der Waals surface area contributed by atoms with Crippen molar-refractivity contribution in [2.75, 3.05) is 0 Å². The number of nitrogens with zero attached hydrogens (tertiary/aromatic N) is 6. The van der Waals surface area contributed by atoms with E-state index >= 15 is 0 Å². The maximum absolute atomic E-state index is 13.4. The first-order chi connectivity index (χ1) is 14.3. The van der Waals surface area contributed by atoms with Gasteiger partial charge in [0, 0.05) is 18.8 Å². The molecule has 10 heteroatoms. The molecule has 0 aliphatic heterocycles. The van der Waals surface area contributed by atoms with E-state index < -0.39 is 11.7 Å². The standard InChI is InChI=1S/C20H21F3N6O/c1-28-11-18(25-27-28)16-10-14(13-6-3-2-4-7-13)19(30)29(26-16)12-17-15(20(21,22)23)8-5-9-24-17/h5,8-11,13H,2-4,6-7,12H2,1H3. The van der Waals surface area contributed by atoms with Crippen LogP contribution in [0.5, 0.6) is 0 Å². The number of hydrogen-bond acceptors (Lipinski definition) is 5. The van der Waals surface area contributed by atoms with Crippen LogP contribution in [0.2, 0.25) is 0 Å². The lowest BCUT2D eigenvalue weighted by molar-refractivity contribution is -0.138. The maximum Gasteiger partial charge on any atom is 0.418 e. The Balaban J connectivity index is 1.82. The molecule has 30 heavy (non-hydrogen) atoms. The Morgan fingerprint density at radius 3 is 2.60 bits per heavy atom. The van der Waals surface area contributed by atoms with Gasteiger partial charge in [0.25, 0.3) is 5.56 Å². The predicted octanol–water partition coefficient (Wildman–Crippen LogP) is 3.55. The van der Waals surface area contributed by atoms with Gasteiger partial charge in [0.2, 0.25) is 0 Å². The molecule has 0 amide bonds. The van der Waals surface area contributed by atoms with E-state index in [-0.39, 0.29) is 23.7 Å². The third-order valence-electron chi connectivity index (χ3n) is 5.41. The second-order valence-corrected chi connectivity index (χ2v) is 7.56. The molecule has 3 heterocycles. The van der Waals surface area contributed by atoms with Crippen molar-refractivity contribution in [1.82, 2.24) is 29.8 Å². The highest BCUT2D eigenvalue weighted by molar-refractivity contribution is 5.52. The summed E-state index contributed by atoms with van der Waals surface area (Å²) in [5.74, 6) is 0.0572. The number of rotatable bonds is 4. The summed E-state index contributed by atoms with van der Waals surface area (Å²) in [5, 5.41) is 12.3. The first kappa shape index (κ1) is 20.2. The van der Waals surface area contributed by atoms with Gasteiger partial charge in [-0.05, 0) is 37.0 Å². The fraction of sp³-hybridized carbons (Fsp3) is 0.450. The average Bonchev–Trinajstić information content (AvgIpc) is 3.16. The molecule has 0 atom stereocenters. The zero-order chi connectivity index (χ0) is 21.3. The SMILES string of the molecule is Cn1cc(-c2cc(C3CCCCC3)c(=O)n(Cc3ncccc3C(F)(F)F)n2)nn1. The lowest BCUT2D eigenvalue weighted by Gasteiger charge is -2.22. The van der Waals surface area contributed by atoms with Crippen molar-refractivity contribution in [2.45, 2.75) is 50.7 Å². The minimum Gasteiger partial charge on any atom is -0.267 e. The van der Waals surface area contributed by atoms with Crippen molar-refractivity contribution in [3.8, 4) is 11.4 Å². The minimum absolute atomic E-state index is 0.0572. The van der Waals surface area contributed by atoms with Gasteiger partial charge >= 0.3 is 6.18 Å². The van der Waals surface area contributed by atoms with Crippen molar-refractivity contribution in [2.24, 2.45) is 7.05 Å². The van der Waals surface area contributed by atoms with Crippen LogP contribution in [0.4, 0.5) is 13.2 Å². The number of halogens is 3. The molecule has 7 nitrogen and oxygen atoms in total. The second-order valence-electron chi connectivity index (χ2n) is 7.56. The maximum atomic E-state index is 13.4. The summed E-state index contributed by atoms with van der Waals surface area (Å²) in [7, 11) is 1.71. The smallest absolute Gasteiger partial charge is 0.267 e. The highest BCUT2D eigenvalue weighted by Crippen LogP contribution is 2.33. The van der Waals surface area contributed by atoms with Gasteiger partial charge in [-0.1, -0.05) is 24.5 Å². The Morgan fingerprint density at radius 2 is 1.93 bits per heavy atom. The van der Waals surface area contributed by atoms with E-state index in [1.165, 1.54) is 16.9 Å². The molecule has 1 aliphatic carbocycles. The van der Waals surface area contributed by atoms with Crippen molar-refractivity contribution in [3.05, 3.63) is 57.8 Å². The van der Waals surface area contributed by atoms with Gasteiger partial charge in [0.05, 0.1) is 24.0 Å². The molecule has 0 N–H and O–H groups in total. The second kappa shape index (κ2) is 8.00. The van der Waals surface area contributed by atoms with Crippen molar-refractivity contribution in [3.63, 3.8) is 0 Å². The van der Waals surface area contributed by atoms with Crippen LogP contribution in [0.15, 0.2) is 35.4 Å². The predicted molar refractivity (Wildman–Crippen MR) is 103 cm³/mol. The van der Waals surface area contributed by atoms with Crippen molar-refractivity contribution >= 4 is 0 Å². The van der Waals surface area contributed by atoms with Gasteiger partial charge < -0.3 is 0 Å². The topological polar surface area (TPSA) is 78.5 Å². The van der Waals surface area contributed by atoms with Gasteiger partial charge in [-0.15, -0.1) is 5.10 Å². The molecule has 1 saturated carbocycles. The molecule has 3 aromatic heterocycles. The van der Waals surface area contributed by atoms with Gasteiger partial charge in [-0.25, -0.2) is 4.68 Å². The molecule has 1 aliphatic rings. The van der Waals surface area contributed by atoms with Crippen LogP contribution in [-0.4, -0.2) is 29.8 Å². The summed E-state index contributed by atoms with van der Waals surface area (Å²) in [6, 6.07) is 3.90. The van der Waals surface area contributed by atoms with Crippen molar-refractivity contribution in [1.29, 1.82) is 0 Å². The first-order valence-corrected chi connectivity index (χ1v) is 9.83. The van der Waals surface area contributed by atoms with Crippen LogP contribution in [0, 0.1) is 0 Å². The Morgan fingerprint density at radius 1 is 1.17 bits per heavy atom. The zero-order valence-corrected chi connectivity index (χ0v) is 16.4. The molecule has 0 spiro atoms. The largest absolute Gasteiger partial charge is 0.418 e. The fourth-order valence-electron chi connectivity index (χ4n) is 3.93. The quantitative estimate of drug-likeness (QED) is 0.648. The summed E-state index contributed by atoms with van der Waals surface area (Å²) in [6.07, 6.45) is 3.27. The highest BCUT2D eigenvalue weighted by atomic mass is 19.4. The molecule has 0 bridgehead atoms. The fourth-order valence-corrected chi connectivity index (χ4v) is 3.93. The van der Waals surface area contributed by atoms with E-state index in [9.17, 15) is 18.0 Å². The van der Waals surface area contributed by atoms with Gasteiger partial charge in [0.15, 0.2) is 0 Å². The monoisotopic (exact) mass is 418 g/mol. The number of pyridine rings is 1. The zero-order valence-electron chi connectivity index (χ0n) is 16.4. The van der Waals surface area contributed by atoms with Gasteiger partial charge in [-0.2, -0.15) is 18.3 Å². The number of aromatic nitrogens is 6. The Kier molecular flexibility index (Phi) is 5.40. The van der Waals surface area contributed by atoms with E-state index in [2.05, 4.69) is 20.4 Å². The van der Waals surface area contributed by atoms with Gasteiger partial charge in [-0.3, -0.25) is 14.5 Å². The summed E-state index contributed by atoms with van der Waals surface area (Å²) in [6.45, 7) is -0.373. The molecular weight excluding hydrogens is 397 g/mol. The van der Waals surface area contributed by atoms with E-state index in [1.807, 2.05) is 0 Å². The van der Waals surface area contributed by atoms with Crippen LogP contribution < -0.4 is 5.56 Å². The summed E-state index contributed by atoms with van der Waals surface area (Å²) in [5.41, 5.74) is -0.0652. The Labute approximate surface area is 170 Å². The summed E-state index contributed by atoms with van der Waals surface area (Å²) in [4.78, 5) is 17.1. The van der Waals surface area contributed by atoms with E-state index in [0.29, 0.717) is 17.0 Å². The van der Waals surface area contributed by atoms with Crippen LogP contribution in [0.1, 0.15) is 54.8 Å². The number of aryl methyl sites for hydroxylation is 1. The molecule has 4 rings (SSSR count). The molecule has 0 saturated heterocycles. The van der Waals surface area contributed by atoms with E-state index in [0.717, 1.165) is 42.9 Å². The molecule has 1 fully saturated rings. The summed E-state index contributed by atoms with van der Waals surface area (Å²) >= 11 is 0. The highest BCUT2D eigenvalue weighted by Gasteiger charge is 2.34. The van der Waals surface area contributed by atoms with Crippen LogP contribution in [-0.2, 0) is 19.8 Å². The molecule has 158 valence electrons. The van der Waals surface area contributed by atoms with Crippen LogP contribution >= 0.6 is 0 Å². The third-order valence-corrected chi connectivity index (χ3v) is 5.41. The van der Waals surface area contributed by atoms with E-state index in [4.69, 9.17) is 0 Å². The molecular formula is C20H21F3N6O. The van der Waals surface area contributed by atoms with E-state index in [1.54, 1.807) is 19.3 Å². The molecule has 0 radical (unpaired) electrons. The molecule has 0 unspecified atom stereocenters. The third kappa shape index (κ3) is 4.12. The Hall–Kier alpha value is -3.04. The van der Waals surface area contributed by atoms with Crippen molar-refractivity contribution < 1.29 is 13.2 Å². The lowest BCUT2D eigenvalue weighted by Crippen LogP contribution is -2.30. The Bertz CT molecular complexity index is 1100. The van der Waals surface area contributed by atoms with Crippen LogP contribution in [0.25, 0.3) is 11.4 Å². The normalized spacial score (nSPS) is 15.5. The first-order valence-electron chi connectivity index (χ1n) is 9.83.